The number of amides is 1. The highest BCUT2D eigenvalue weighted by atomic mass is 16.5. The third-order valence-electron chi connectivity index (χ3n) is 1.88. The molecule has 5 nitrogen and oxygen atoms in total. The van der Waals surface area contributed by atoms with Gasteiger partial charge in [0.1, 0.15) is 11.3 Å². The second kappa shape index (κ2) is 6.07. The summed E-state index contributed by atoms with van der Waals surface area (Å²) in [6.07, 6.45) is 1.40. The average molecular weight is 224 g/mol. The predicted molar refractivity (Wildman–Crippen MR) is 59.2 cm³/mol. The number of aromatic nitrogens is 1. The lowest BCUT2D eigenvalue weighted by Gasteiger charge is -2.05. The topological polar surface area (TPSA) is 64.4 Å². The number of carbonyl (C=O) groups excluding carboxylic acids is 1. The van der Waals surface area contributed by atoms with Crippen LogP contribution in [0.5, 0.6) is 0 Å². The van der Waals surface area contributed by atoms with Crippen molar-refractivity contribution in [2.45, 2.75) is 13.8 Å². The molecule has 1 aromatic heterocycles. The lowest BCUT2D eigenvalue weighted by atomic mass is 10.2. The molecule has 0 atom stereocenters. The molecule has 0 unspecified atom stereocenters. The second-order valence-corrected chi connectivity index (χ2v) is 3.56. The van der Waals surface area contributed by atoms with Crippen LogP contribution in [0.4, 0.5) is 0 Å². The molecule has 1 N–H and O–H groups in total. The van der Waals surface area contributed by atoms with E-state index in [0.29, 0.717) is 31.1 Å². The van der Waals surface area contributed by atoms with Crippen LogP contribution in [0.1, 0.15) is 23.0 Å². The van der Waals surface area contributed by atoms with Crippen LogP contribution in [-0.2, 0) is 4.74 Å². The Balaban J connectivity index is 2.21. The number of ether oxygens (including phenoxy) is 1. The van der Waals surface area contributed by atoms with Gasteiger partial charge in [-0.15, -0.1) is 0 Å². The van der Waals surface area contributed by atoms with Crippen molar-refractivity contribution in [1.82, 2.24) is 10.5 Å². The monoisotopic (exact) mass is 224 g/mol. The average Bonchev–Trinajstić information content (AvgIpc) is 2.63. The summed E-state index contributed by atoms with van der Waals surface area (Å²) in [6.45, 7) is 8.72. The summed E-state index contributed by atoms with van der Waals surface area (Å²) in [6, 6.07) is 0. The van der Waals surface area contributed by atoms with Crippen molar-refractivity contribution in [3.8, 4) is 0 Å². The molecule has 5 heteroatoms. The number of carbonyl (C=O) groups is 1. The van der Waals surface area contributed by atoms with E-state index in [1.54, 1.807) is 6.92 Å². The van der Waals surface area contributed by atoms with Gasteiger partial charge in [0.05, 0.1) is 19.4 Å². The van der Waals surface area contributed by atoms with Crippen molar-refractivity contribution in [2.24, 2.45) is 0 Å². The van der Waals surface area contributed by atoms with Gasteiger partial charge in [0.25, 0.3) is 5.91 Å². The van der Waals surface area contributed by atoms with E-state index in [-0.39, 0.29) is 5.91 Å². The van der Waals surface area contributed by atoms with Gasteiger partial charge in [0, 0.05) is 6.54 Å². The molecule has 0 fully saturated rings. The molecule has 0 aliphatic carbocycles. The van der Waals surface area contributed by atoms with Crippen LogP contribution in [0.3, 0.4) is 0 Å². The first-order chi connectivity index (χ1) is 7.61. The van der Waals surface area contributed by atoms with E-state index in [2.05, 4.69) is 17.1 Å². The molecule has 0 saturated heterocycles. The van der Waals surface area contributed by atoms with Crippen molar-refractivity contribution in [1.29, 1.82) is 0 Å². The molecule has 0 aromatic carbocycles. The smallest absolute Gasteiger partial charge is 0.256 e. The molecule has 0 radical (unpaired) electrons. The minimum absolute atomic E-state index is 0.197. The molecule has 1 amide bonds. The van der Waals surface area contributed by atoms with Gasteiger partial charge in [0.15, 0.2) is 0 Å². The van der Waals surface area contributed by atoms with E-state index >= 15 is 0 Å². The van der Waals surface area contributed by atoms with Crippen LogP contribution in [-0.4, -0.2) is 30.8 Å². The van der Waals surface area contributed by atoms with Crippen molar-refractivity contribution in [3.05, 3.63) is 29.7 Å². The molecule has 1 rings (SSSR count). The van der Waals surface area contributed by atoms with Crippen LogP contribution in [0.2, 0.25) is 0 Å². The zero-order valence-corrected chi connectivity index (χ0v) is 9.58. The SMILES string of the molecule is C=C(C)COCCNC(=O)c1cnoc1C. The Morgan fingerprint density at radius 3 is 3.00 bits per heavy atom. The van der Waals surface area contributed by atoms with Crippen LogP contribution < -0.4 is 5.32 Å². The quantitative estimate of drug-likeness (QED) is 0.584. The number of hydrogen-bond donors (Lipinski definition) is 1. The normalized spacial score (nSPS) is 10.1. The molecular formula is C11H16N2O3. The summed E-state index contributed by atoms with van der Waals surface area (Å²) in [4.78, 5) is 11.5. The number of hydrogen-bond acceptors (Lipinski definition) is 4. The molecule has 1 heterocycles. The maximum Gasteiger partial charge on any atom is 0.256 e. The fourth-order valence-electron chi connectivity index (χ4n) is 1.10. The lowest BCUT2D eigenvalue weighted by molar-refractivity contribution is 0.0925. The molecule has 0 saturated carbocycles. The predicted octanol–water partition coefficient (Wildman–Crippen LogP) is 1.31. The fraction of sp³-hybridized carbons (Fsp3) is 0.455. The van der Waals surface area contributed by atoms with E-state index in [1.807, 2.05) is 6.92 Å². The Kier molecular flexibility index (Phi) is 4.72. The van der Waals surface area contributed by atoms with E-state index in [4.69, 9.17) is 9.26 Å². The Labute approximate surface area is 94.5 Å². The summed E-state index contributed by atoms with van der Waals surface area (Å²) in [5.74, 6) is 0.318. The summed E-state index contributed by atoms with van der Waals surface area (Å²) in [7, 11) is 0. The highest BCUT2D eigenvalue weighted by Gasteiger charge is 2.11. The summed E-state index contributed by atoms with van der Waals surface area (Å²) in [5, 5.41) is 6.24. The van der Waals surface area contributed by atoms with Gasteiger partial charge in [0.2, 0.25) is 0 Å². The van der Waals surface area contributed by atoms with Crippen molar-refractivity contribution in [3.63, 3.8) is 0 Å². The molecule has 0 spiro atoms. The third kappa shape index (κ3) is 3.86. The van der Waals surface area contributed by atoms with Crippen molar-refractivity contribution in [2.75, 3.05) is 19.8 Å². The van der Waals surface area contributed by atoms with Gasteiger partial charge in [-0.05, 0) is 13.8 Å². The number of nitrogens with zero attached hydrogens (tertiary/aromatic N) is 1. The molecule has 0 aliphatic heterocycles. The minimum atomic E-state index is -0.197. The van der Waals surface area contributed by atoms with E-state index in [0.717, 1.165) is 5.57 Å². The first-order valence-corrected chi connectivity index (χ1v) is 5.03. The summed E-state index contributed by atoms with van der Waals surface area (Å²) >= 11 is 0. The highest BCUT2D eigenvalue weighted by molar-refractivity contribution is 5.94. The molecule has 1 aromatic rings. The number of rotatable bonds is 6. The van der Waals surface area contributed by atoms with Crippen LogP contribution in [0.25, 0.3) is 0 Å². The second-order valence-electron chi connectivity index (χ2n) is 3.56. The third-order valence-corrected chi connectivity index (χ3v) is 1.88. The van der Waals surface area contributed by atoms with Gasteiger partial charge >= 0.3 is 0 Å². The Morgan fingerprint density at radius 2 is 2.44 bits per heavy atom. The van der Waals surface area contributed by atoms with E-state index in [1.165, 1.54) is 6.20 Å². The molecule has 88 valence electrons. The Hall–Kier alpha value is -1.62. The maximum absolute atomic E-state index is 11.5. The largest absolute Gasteiger partial charge is 0.375 e. The number of aryl methyl sites for hydroxylation is 1. The maximum atomic E-state index is 11.5. The van der Waals surface area contributed by atoms with Gasteiger partial charge in [-0.1, -0.05) is 17.3 Å². The summed E-state index contributed by atoms with van der Waals surface area (Å²) in [5.41, 5.74) is 1.42. The Bertz CT molecular complexity index is 371. The van der Waals surface area contributed by atoms with E-state index < -0.39 is 0 Å². The molecule has 16 heavy (non-hydrogen) atoms. The van der Waals surface area contributed by atoms with Crippen molar-refractivity contribution < 1.29 is 14.1 Å². The zero-order chi connectivity index (χ0) is 12.0. The van der Waals surface area contributed by atoms with Gasteiger partial charge in [-0.2, -0.15) is 0 Å². The van der Waals surface area contributed by atoms with Gasteiger partial charge < -0.3 is 14.6 Å². The fourth-order valence-corrected chi connectivity index (χ4v) is 1.10. The van der Waals surface area contributed by atoms with Gasteiger partial charge in [-0.3, -0.25) is 4.79 Å². The van der Waals surface area contributed by atoms with Gasteiger partial charge in [-0.25, -0.2) is 0 Å². The summed E-state index contributed by atoms with van der Waals surface area (Å²) < 4.78 is 10.0. The standard InChI is InChI=1S/C11H16N2O3/c1-8(2)7-15-5-4-12-11(14)10-6-13-16-9(10)3/h6H,1,4-5,7H2,2-3H3,(H,12,14). The Morgan fingerprint density at radius 1 is 1.69 bits per heavy atom. The lowest BCUT2D eigenvalue weighted by Crippen LogP contribution is -2.27. The van der Waals surface area contributed by atoms with Crippen molar-refractivity contribution >= 4 is 5.91 Å². The first-order valence-electron chi connectivity index (χ1n) is 5.03. The molecule has 0 aliphatic rings. The minimum Gasteiger partial charge on any atom is -0.375 e. The molecular weight excluding hydrogens is 208 g/mol. The molecule has 0 bridgehead atoms. The first kappa shape index (κ1) is 12.4. The van der Waals surface area contributed by atoms with Crippen LogP contribution in [0.15, 0.2) is 22.9 Å². The number of nitrogens with one attached hydrogen (secondary N) is 1. The zero-order valence-electron chi connectivity index (χ0n) is 9.58. The highest BCUT2D eigenvalue weighted by Crippen LogP contribution is 2.04. The van der Waals surface area contributed by atoms with Crippen LogP contribution >= 0.6 is 0 Å². The van der Waals surface area contributed by atoms with E-state index in [9.17, 15) is 4.79 Å². The van der Waals surface area contributed by atoms with Crippen LogP contribution in [0, 0.1) is 6.92 Å².